The fourth-order valence-electron chi connectivity index (χ4n) is 2.64. The summed E-state index contributed by atoms with van der Waals surface area (Å²) in [7, 11) is 0. The van der Waals surface area contributed by atoms with Crippen LogP contribution in [0.2, 0.25) is 0 Å². The molecule has 3 rings (SSSR count). The Labute approximate surface area is 73.8 Å². The molecule has 1 saturated heterocycles. The van der Waals surface area contributed by atoms with E-state index < -0.39 is 0 Å². The minimum Gasteiger partial charge on any atom is -0.373 e. The van der Waals surface area contributed by atoms with Crippen molar-refractivity contribution in [2.75, 3.05) is 6.61 Å². The van der Waals surface area contributed by atoms with Crippen LogP contribution in [-0.4, -0.2) is 12.7 Å². The molecule has 0 spiro atoms. The Hall–Kier alpha value is -0.300. The molecule has 65 valence electrons. The van der Waals surface area contributed by atoms with Gasteiger partial charge in [0.15, 0.2) is 0 Å². The zero-order valence-corrected chi connectivity index (χ0v) is 7.33. The number of hydrogen-bond acceptors (Lipinski definition) is 1. The Morgan fingerprint density at radius 3 is 3.00 bits per heavy atom. The first-order chi connectivity index (χ1) is 5.92. The normalized spacial score (nSPS) is 43.3. The standard InChI is InChI=1S/C11H15O/c1-2-9-5-8(1)6-10(9)3-4-11-7-12-11/h4,6,8-9,11H,1-3,5,7H2. The van der Waals surface area contributed by atoms with E-state index in [0.717, 1.165) is 18.4 Å². The summed E-state index contributed by atoms with van der Waals surface area (Å²) in [6, 6.07) is 0. The van der Waals surface area contributed by atoms with Crippen molar-refractivity contribution in [3.05, 3.63) is 18.1 Å². The SMILES string of the molecule is [CH](CC1=CC2CCC1C2)C1CO1. The lowest BCUT2D eigenvalue weighted by Crippen LogP contribution is -1.99. The molecular weight excluding hydrogens is 148 g/mol. The summed E-state index contributed by atoms with van der Waals surface area (Å²) < 4.78 is 5.17. The summed E-state index contributed by atoms with van der Waals surface area (Å²) >= 11 is 0. The molecule has 0 aromatic heterocycles. The van der Waals surface area contributed by atoms with E-state index in [2.05, 4.69) is 12.5 Å². The van der Waals surface area contributed by atoms with E-state index in [1.807, 2.05) is 0 Å². The van der Waals surface area contributed by atoms with Crippen LogP contribution in [0.1, 0.15) is 25.7 Å². The topological polar surface area (TPSA) is 12.5 Å². The van der Waals surface area contributed by atoms with Crippen molar-refractivity contribution in [2.45, 2.75) is 31.8 Å². The Balaban J connectivity index is 1.58. The highest BCUT2D eigenvalue weighted by molar-refractivity contribution is 5.21. The average Bonchev–Trinajstić information content (AvgIpc) is 2.69. The third-order valence-electron chi connectivity index (χ3n) is 3.42. The van der Waals surface area contributed by atoms with Crippen LogP contribution in [0.3, 0.4) is 0 Å². The third-order valence-corrected chi connectivity index (χ3v) is 3.42. The predicted molar refractivity (Wildman–Crippen MR) is 47.6 cm³/mol. The van der Waals surface area contributed by atoms with Gasteiger partial charge >= 0.3 is 0 Å². The van der Waals surface area contributed by atoms with Crippen LogP contribution in [0, 0.1) is 18.3 Å². The van der Waals surface area contributed by atoms with Gasteiger partial charge in [-0.05, 0) is 43.9 Å². The Bertz CT molecular complexity index is 215. The van der Waals surface area contributed by atoms with Gasteiger partial charge in [0.2, 0.25) is 0 Å². The monoisotopic (exact) mass is 163 g/mol. The number of rotatable bonds is 3. The van der Waals surface area contributed by atoms with Gasteiger partial charge < -0.3 is 4.74 Å². The maximum atomic E-state index is 5.17. The van der Waals surface area contributed by atoms with Crippen molar-refractivity contribution in [1.82, 2.24) is 0 Å². The van der Waals surface area contributed by atoms with E-state index in [-0.39, 0.29) is 0 Å². The van der Waals surface area contributed by atoms with Gasteiger partial charge in [-0.25, -0.2) is 0 Å². The van der Waals surface area contributed by atoms with Crippen LogP contribution in [-0.2, 0) is 4.74 Å². The van der Waals surface area contributed by atoms with Crippen LogP contribution in [0.15, 0.2) is 11.6 Å². The molecule has 1 heteroatoms. The van der Waals surface area contributed by atoms with Gasteiger partial charge in [0.25, 0.3) is 0 Å². The molecule has 2 aliphatic carbocycles. The third kappa shape index (κ3) is 1.20. The fraction of sp³-hybridized carbons (Fsp3) is 0.727. The Morgan fingerprint density at radius 1 is 1.50 bits per heavy atom. The molecule has 3 atom stereocenters. The predicted octanol–water partition coefficient (Wildman–Crippen LogP) is 2.34. The Kier molecular flexibility index (Phi) is 1.54. The highest BCUT2D eigenvalue weighted by Gasteiger charge is 2.33. The maximum Gasteiger partial charge on any atom is 0.0844 e. The second kappa shape index (κ2) is 2.59. The largest absolute Gasteiger partial charge is 0.373 e. The number of hydrogen-bond donors (Lipinski definition) is 0. The molecule has 0 N–H and O–H groups in total. The van der Waals surface area contributed by atoms with E-state index in [4.69, 9.17) is 4.74 Å². The molecule has 0 amide bonds. The first-order valence-electron chi connectivity index (χ1n) is 5.07. The molecule has 2 bridgehead atoms. The van der Waals surface area contributed by atoms with Crippen LogP contribution >= 0.6 is 0 Å². The summed E-state index contributed by atoms with van der Waals surface area (Å²) in [6.45, 7) is 0.974. The van der Waals surface area contributed by atoms with Crippen molar-refractivity contribution in [3.8, 4) is 0 Å². The smallest absolute Gasteiger partial charge is 0.0844 e. The van der Waals surface area contributed by atoms with E-state index in [1.54, 1.807) is 5.57 Å². The quantitative estimate of drug-likeness (QED) is 0.459. The van der Waals surface area contributed by atoms with Crippen LogP contribution in [0.4, 0.5) is 0 Å². The maximum absolute atomic E-state index is 5.17. The minimum absolute atomic E-state index is 0.505. The van der Waals surface area contributed by atoms with Crippen molar-refractivity contribution in [1.29, 1.82) is 0 Å². The lowest BCUT2D eigenvalue weighted by Gasteiger charge is -2.11. The first kappa shape index (κ1) is 7.14. The molecular formula is C11H15O. The summed E-state index contributed by atoms with van der Waals surface area (Å²) in [5.74, 6) is 1.89. The number of ether oxygens (including phenoxy) is 1. The van der Waals surface area contributed by atoms with Gasteiger partial charge in [0, 0.05) is 0 Å². The molecule has 1 aliphatic heterocycles. The van der Waals surface area contributed by atoms with E-state index in [9.17, 15) is 0 Å². The van der Waals surface area contributed by atoms with Crippen molar-refractivity contribution in [2.24, 2.45) is 11.8 Å². The van der Waals surface area contributed by atoms with Gasteiger partial charge in [0.05, 0.1) is 12.7 Å². The summed E-state index contributed by atoms with van der Waals surface area (Å²) in [5, 5.41) is 0. The fourth-order valence-corrected chi connectivity index (χ4v) is 2.64. The van der Waals surface area contributed by atoms with Gasteiger partial charge in [-0.1, -0.05) is 11.6 Å². The second-order valence-corrected chi connectivity index (χ2v) is 4.32. The molecule has 1 heterocycles. The zero-order valence-electron chi connectivity index (χ0n) is 7.33. The van der Waals surface area contributed by atoms with Crippen molar-refractivity contribution in [3.63, 3.8) is 0 Å². The van der Waals surface area contributed by atoms with Crippen LogP contribution in [0.25, 0.3) is 0 Å². The average molecular weight is 163 g/mol. The highest BCUT2D eigenvalue weighted by Crippen LogP contribution is 2.45. The van der Waals surface area contributed by atoms with Crippen molar-refractivity contribution < 1.29 is 4.74 Å². The van der Waals surface area contributed by atoms with Gasteiger partial charge in [-0.15, -0.1) is 0 Å². The van der Waals surface area contributed by atoms with Crippen molar-refractivity contribution >= 4 is 0 Å². The lowest BCUT2D eigenvalue weighted by molar-refractivity contribution is 0.425. The number of allylic oxidation sites excluding steroid dienone is 2. The summed E-state index contributed by atoms with van der Waals surface area (Å²) in [5.41, 5.74) is 1.71. The van der Waals surface area contributed by atoms with E-state index in [1.165, 1.54) is 25.7 Å². The van der Waals surface area contributed by atoms with E-state index in [0.29, 0.717) is 6.10 Å². The van der Waals surface area contributed by atoms with Gasteiger partial charge in [0.1, 0.15) is 0 Å². The van der Waals surface area contributed by atoms with E-state index >= 15 is 0 Å². The van der Waals surface area contributed by atoms with Crippen LogP contribution < -0.4 is 0 Å². The lowest BCUT2D eigenvalue weighted by atomic mass is 9.94. The first-order valence-corrected chi connectivity index (χ1v) is 5.07. The minimum atomic E-state index is 0.505. The number of epoxide rings is 1. The molecule has 2 fully saturated rings. The summed E-state index contributed by atoms with van der Waals surface area (Å²) in [4.78, 5) is 0. The second-order valence-electron chi connectivity index (χ2n) is 4.32. The van der Waals surface area contributed by atoms with Gasteiger partial charge in [-0.3, -0.25) is 0 Å². The zero-order chi connectivity index (χ0) is 7.97. The molecule has 1 saturated carbocycles. The molecule has 3 unspecified atom stereocenters. The molecule has 0 aromatic carbocycles. The molecule has 0 aromatic rings. The highest BCUT2D eigenvalue weighted by atomic mass is 16.6. The summed E-state index contributed by atoms with van der Waals surface area (Å²) in [6.07, 6.45) is 10.9. The van der Waals surface area contributed by atoms with Crippen LogP contribution in [0.5, 0.6) is 0 Å². The number of fused-ring (bicyclic) bond motifs is 2. The molecule has 1 nitrogen and oxygen atoms in total. The molecule has 1 radical (unpaired) electrons. The Morgan fingerprint density at radius 2 is 2.42 bits per heavy atom. The molecule has 12 heavy (non-hydrogen) atoms. The molecule has 3 aliphatic rings. The van der Waals surface area contributed by atoms with Gasteiger partial charge in [-0.2, -0.15) is 0 Å².